The molecule has 2 aliphatic heterocycles. The average Bonchev–Trinajstić information content (AvgIpc) is 3.11. The molecule has 2 aliphatic rings. The van der Waals surface area contributed by atoms with Gasteiger partial charge in [0.15, 0.2) is 11.5 Å². The predicted molar refractivity (Wildman–Crippen MR) is 68.8 cm³/mol. The number of hydrogen-bond donors (Lipinski definition) is 2. The Bertz CT molecular complexity index is 645. The molecule has 0 unspecified atom stereocenters. The number of imidazole rings is 1. The van der Waals surface area contributed by atoms with E-state index in [2.05, 4.69) is 15.0 Å². The van der Waals surface area contributed by atoms with Crippen molar-refractivity contribution in [1.29, 1.82) is 0 Å². The summed E-state index contributed by atoms with van der Waals surface area (Å²) in [5, 5.41) is 9.32. The summed E-state index contributed by atoms with van der Waals surface area (Å²) in [6.45, 7) is 1.11. The number of ether oxygens (including phenoxy) is 2. The van der Waals surface area contributed by atoms with E-state index in [1.54, 1.807) is 6.33 Å². The Hall–Kier alpha value is -1.77. The molecule has 4 rings (SSSR count). The van der Waals surface area contributed by atoms with Crippen LogP contribution in [0.4, 0.5) is 5.82 Å². The molecular formula is C12H15N5O3. The van der Waals surface area contributed by atoms with Gasteiger partial charge in [-0.1, -0.05) is 0 Å². The second kappa shape index (κ2) is 4.37. The Morgan fingerprint density at radius 1 is 1.25 bits per heavy atom. The van der Waals surface area contributed by atoms with E-state index < -0.39 is 0 Å². The van der Waals surface area contributed by atoms with Crippen LogP contribution in [-0.4, -0.2) is 56.7 Å². The van der Waals surface area contributed by atoms with E-state index in [0.29, 0.717) is 30.2 Å². The van der Waals surface area contributed by atoms with Gasteiger partial charge in [0.05, 0.1) is 38.3 Å². The summed E-state index contributed by atoms with van der Waals surface area (Å²) in [5.74, 6) is 0.407. The summed E-state index contributed by atoms with van der Waals surface area (Å²) >= 11 is 0. The molecule has 0 radical (unpaired) electrons. The third-order valence-electron chi connectivity index (χ3n) is 4.11. The summed E-state index contributed by atoms with van der Waals surface area (Å²) in [5.41, 5.74) is 7.07. The highest BCUT2D eigenvalue weighted by Gasteiger charge is 2.48. The highest BCUT2D eigenvalue weighted by molar-refractivity contribution is 5.81. The molecule has 2 saturated heterocycles. The van der Waals surface area contributed by atoms with Crippen molar-refractivity contribution in [1.82, 2.24) is 19.5 Å². The van der Waals surface area contributed by atoms with E-state index in [0.717, 1.165) is 0 Å². The molecule has 4 heterocycles. The molecule has 4 atom stereocenters. The van der Waals surface area contributed by atoms with Crippen LogP contribution in [0.3, 0.4) is 0 Å². The highest BCUT2D eigenvalue weighted by Crippen LogP contribution is 2.38. The molecular weight excluding hydrogens is 262 g/mol. The first kappa shape index (κ1) is 12.0. The number of nitrogen functional groups attached to an aromatic ring is 1. The minimum Gasteiger partial charge on any atom is -0.396 e. The number of hydrogen-bond acceptors (Lipinski definition) is 7. The molecule has 0 aromatic carbocycles. The molecule has 0 saturated carbocycles. The fourth-order valence-corrected chi connectivity index (χ4v) is 3.07. The van der Waals surface area contributed by atoms with Crippen LogP contribution in [0.2, 0.25) is 0 Å². The number of aromatic nitrogens is 4. The fourth-order valence-electron chi connectivity index (χ4n) is 3.07. The first-order chi connectivity index (χ1) is 9.79. The number of rotatable bonds is 2. The molecule has 0 aliphatic carbocycles. The molecule has 0 amide bonds. The smallest absolute Gasteiger partial charge is 0.165 e. The van der Waals surface area contributed by atoms with Gasteiger partial charge >= 0.3 is 0 Å². The van der Waals surface area contributed by atoms with Crippen LogP contribution < -0.4 is 5.73 Å². The fraction of sp³-hybridized carbons (Fsp3) is 0.583. The van der Waals surface area contributed by atoms with Crippen molar-refractivity contribution in [2.75, 3.05) is 25.6 Å². The lowest BCUT2D eigenvalue weighted by Gasteiger charge is -2.17. The van der Waals surface area contributed by atoms with Crippen LogP contribution in [0.25, 0.3) is 11.2 Å². The Kier molecular flexibility index (Phi) is 2.62. The van der Waals surface area contributed by atoms with Gasteiger partial charge in [0.1, 0.15) is 17.9 Å². The minimum absolute atomic E-state index is 0.00384. The lowest BCUT2D eigenvalue weighted by molar-refractivity contribution is 0.0498. The summed E-state index contributed by atoms with van der Waals surface area (Å²) < 4.78 is 13.5. The third-order valence-corrected chi connectivity index (χ3v) is 4.11. The molecule has 3 N–H and O–H groups in total. The Morgan fingerprint density at radius 3 is 2.95 bits per heavy atom. The van der Waals surface area contributed by atoms with Crippen LogP contribution in [-0.2, 0) is 9.47 Å². The van der Waals surface area contributed by atoms with Gasteiger partial charge in [0, 0.05) is 5.92 Å². The topological polar surface area (TPSA) is 108 Å². The van der Waals surface area contributed by atoms with Gasteiger partial charge < -0.3 is 24.9 Å². The Balaban J connectivity index is 1.72. The summed E-state index contributed by atoms with van der Waals surface area (Å²) in [4.78, 5) is 12.5. The molecule has 106 valence electrons. The molecule has 2 aromatic heterocycles. The largest absolute Gasteiger partial charge is 0.396 e. The third kappa shape index (κ3) is 1.55. The van der Waals surface area contributed by atoms with Gasteiger partial charge in [-0.25, -0.2) is 15.0 Å². The van der Waals surface area contributed by atoms with E-state index in [4.69, 9.17) is 15.2 Å². The average molecular weight is 277 g/mol. The first-order valence-corrected chi connectivity index (χ1v) is 6.56. The van der Waals surface area contributed by atoms with Crippen LogP contribution in [0.1, 0.15) is 6.04 Å². The molecule has 0 spiro atoms. The van der Waals surface area contributed by atoms with Crippen LogP contribution in [0, 0.1) is 5.92 Å². The van der Waals surface area contributed by atoms with Gasteiger partial charge in [0.2, 0.25) is 0 Å². The van der Waals surface area contributed by atoms with Crippen molar-refractivity contribution in [2.24, 2.45) is 5.92 Å². The zero-order valence-corrected chi connectivity index (χ0v) is 10.7. The van der Waals surface area contributed by atoms with Crippen LogP contribution >= 0.6 is 0 Å². The lowest BCUT2D eigenvalue weighted by atomic mass is 10.0. The summed E-state index contributed by atoms with van der Waals surface area (Å²) in [7, 11) is 0. The van der Waals surface area contributed by atoms with E-state index in [9.17, 15) is 5.11 Å². The molecule has 0 bridgehead atoms. The molecule has 8 nitrogen and oxygen atoms in total. The minimum atomic E-state index is -0.0826. The molecule has 2 fully saturated rings. The Labute approximate surface area is 114 Å². The van der Waals surface area contributed by atoms with Crippen molar-refractivity contribution in [3.63, 3.8) is 0 Å². The zero-order chi connectivity index (χ0) is 13.7. The Morgan fingerprint density at radius 2 is 2.10 bits per heavy atom. The number of aliphatic hydroxyl groups excluding tert-OH is 1. The number of anilines is 1. The van der Waals surface area contributed by atoms with Gasteiger partial charge in [-0.15, -0.1) is 0 Å². The molecule has 2 aromatic rings. The van der Waals surface area contributed by atoms with Crippen molar-refractivity contribution in [2.45, 2.75) is 18.2 Å². The van der Waals surface area contributed by atoms with Crippen LogP contribution in [0.5, 0.6) is 0 Å². The number of nitrogens with two attached hydrogens (primary N) is 1. The van der Waals surface area contributed by atoms with Crippen LogP contribution in [0.15, 0.2) is 12.7 Å². The zero-order valence-electron chi connectivity index (χ0n) is 10.7. The van der Waals surface area contributed by atoms with Gasteiger partial charge in [-0.05, 0) is 0 Å². The van der Waals surface area contributed by atoms with E-state index in [-0.39, 0.29) is 30.8 Å². The first-order valence-electron chi connectivity index (χ1n) is 6.56. The predicted octanol–water partition coefficient (Wildman–Crippen LogP) is -0.644. The summed E-state index contributed by atoms with van der Waals surface area (Å²) in [6.07, 6.45) is 2.97. The van der Waals surface area contributed by atoms with Crippen molar-refractivity contribution < 1.29 is 14.6 Å². The second-order valence-corrected chi connectivity index (χ2v) is 5.19. The normalized spacial score (nSPS) is 32.9. The van der Waals surface area contributed by atoms with Crippen molar-refractivity contribution >= 4 is 17.0 Å². The van der Waals surface area contributed by atoms with Gasteiger partial charge in [-0.2, -0.15) is 0 Å². The monoisotopic (exact) mass is 277 g/mol. The van der Waals surface area contributed by atoms with Gasteiger partial charge in [-0.3, -0.25) is 0 Å². The van der Waals surface area contributed by atoms with E-state index >= 15 is 0 Å². The maximum Gasteiger partial charge on any atom is 0.165 e. The maximum absolute atomic E-state index is 9.32. The highest BCUT2D eigenvalue weighted by atomic mass is 16.6. The van der Waals surface area contributed by atoms with Crippen molar-refractivity contribution in [3.05, 3.63) is 12.7 Å². The quantitative estimate of drug-likeness (QED) is 0.751. The number of fused-ring (bicyclic) bond motifs is 2. The van der Waals surface area contributed by atoms with E-state index in [1.165, 1.54) is 6.33 Å². The number of aliphatic hydroxyl groups is 1. The standard InChI is InChI=1S/C12H15N5O3/c13-11-8-12(15-4-14-11)17(5-16-8)7-3-20-9-6(1-18)2-19-10(7)9/h4-7,9-10,18H,1-3H2,(H2,13,14,15)/t6-,7+,9-,10-/m1/s1. The van der Waals surface area contributed by atoms with E-state index in [1.807, 2.05) is 4.57 Å². The van der Waals surface area contributed by atoms with Gasteiger partial charge in [0.25, 0.3) is 0 Å². The maximum atomic E-state index is 9.32. The second-order valence-electron chi connectivity index (χ2n) is 5.19. The van der Waals surface area contributed by atoms with Crippen molar-refractivity contribution in [3.8, 4) is 0 Å². The SMILES string of the molecule is Nc1ncnc2c1ncn2[C@H]1CO[C@@H]2[C@H](CO)CO[C@@H]21. The molecule has 20 heavy (non-hydrogen) atoms. The molecule has 8 heteroatoms. The number of nitrogens with zero attached hydrogens (tertiary/aromatic N) is 4. The summed E-state index contributed by atoms with van der Waals surface area (Å²) in [6, 6.07) is -0.00384. The lowest BCUT2D eigenvalue weighted by Crippen LogP contribution is -2.28.